The summed E-state index contributed by atoms with van der Waals surface area (Å²) in [4.78, 5) is 0. The highest BCUT2D eigenvalue weighted by atomic mass is 28.4. The van der Waals surface area contributed by atoms with Gasteiger partial charge in [0, 0.05) is 25.3 Å². The van der Waals surface area contributed by atoms with Crippen molar-refractivity contribution in [2.75, 3.05) is 14.2 Å². The molecule has 0 aromatic carbocycles. The summed E-state index contributed by atoms with van der Waals surface area (Å²) in [6, 6.07) is 0. The standard InChI is InChI=1S/C14H20O2Si/c1-11-5-7-13(9-11)17(15-3,16-4)14-8-6-12(2)10-14/h5-10,13-14H,1-4H3. The average molecular weight is 248 g/mol. The molecule has 0 heterocycles. The van der Waals surface area contributed by atoms with Crippen molar-refractivity contribution in [3.63, 3.8) is 0 Å². The Bertz CT molecular complexity index is 378. The van der Waals surface area contributed by atoms with Crippen LogP contribution in [0.5, 0.6) is 0 Å². The molecule has 0 aromatic heterocycles. The molecule has 0 bridgehead atoms. The molecule has 0 saturated heterocycles. The van der Waals surface area contributed by atoms with Gasteiger partial charge in [-0.3, -0.25) is 0 Å². The Kier molecular flexibility index (Phi) is 3.52. The molecule has 2 unspecified atom stereocenters. The first kappa shape index (κ1) is 12.6. The van der Waals surface area contributed by atoms with Crippen LogP contribution in [0.2, 0.25) is 11.1 Å². The molecular weight excluding hydrogens is 228 g/mol. The van der Waals surface area contributed by atoms with Crippen molar-refractivity contribution in [3.8, 4) is 0 Å². The van der Waals surface area contributed by atoms with Gasteiger partial charge in [-0.1, -0.05) is 47.6 Å². The molecule has 0 N–H and O–H groups in total. The van der Waals surface area contributed by atoms with Crippen LogP contribution in [-0.4, -0.2) is 22.8 Å². The minimum absolute atomic E-state index is 0.300. The van der Waals surface area contributed by atoms with Gasteiger partial charge in [0.15, 0.2) is 0 Å². The second-order valence-electron chi connectivity index (χ2n) is 4.72. The average Bonchev–Trinajstić information content (AvgIpc) is 2.92. The van der Waals surface area contributed by atoms with Crippen molar-refractivity contribution in [3.05, 3.63) is 47.6 Å². The van der Waals surface area contributed by atoms with E-state index in [0.29, 0.717) is 11.1 Å². The van der Waals surface area contributed by atoms with Gasteiger partial charge in [-0.15, -0.1) is 0 Å². The van der Waals surface area contributed by atoms with Crippen LogP contribution in [0.1, 0.15) is 13.8 Å². The zero-order valence-electron chi connectivity index (χ0n) is 10.9. The minimum atomic E-state index is -2.29. The molecule has 2 rings (SSSR count). The molecule has 0 saturated carbocycles. The SMILES string of the molecule is CO[Si](OC)(C1C=CC(C)=C1)C1C=CC(C)=C1. The normalized spacial score (nSPS) is 27.5. The Morgan fingerprint density at radius 2 is 1.29 bits per heavy atom. The van der Waals surface area contributed by atoms with Crippen molar-refractivity contribution in [1.82, 2.24) is 0 Å². The highest BCUT2D eigenvalue weighted by Gasteiger charge is 2.49. The van der Waals surface area contributed by atoms with Crippen LogP contribution in [0.25, 0.3) is 0 Å². The molecule has 0 aromatic rings. The van der Waals surface area contributed by atoms with Gasteiger partial charge in [0.1, 0.15) is 0 Å². The third-order valence-corrected chi connectivity index (χ3v) is 7.44. The number of hydrogen-bond donors (Lipinski definition) is 0. The van der Waals surface area contributed by atoms with E-state index >= 15 is 0 Å². The van der Waals surface area contributed by atoms with E-state index in [4.69, 9.17) is 8.85 Å². The van der Waals surface area contributed by atoms with Crippen molar-refractivity contribution >= 4 is 8.56 Å². The van der Waals surface area contributed by atoms with Crippen LogP contribution in [-0.2, 0) is 8.85 Å². The second kappa shape index (κ2) is 4.76. The van der Waals surface area contributed by atoms with Crippen LogP contribution >= 0.6 is 0 Å². The highest BCUT2D eigenvalue weighted by Crippen LogP contribution is 2.43. The smallest absolute Gasteiger partial charge is 0.359 e. The van der Waals surface area contributed by atoms with Gasteiger partial charge in [0.2, 0.25) is 0 Å². The summed E-state index contributed by atoms with van der Waals surface area (Å²) in [5, 5.41) is 0. The largest absolute Gasteiger partial charge is 0.397 e. The summed E-state index contributed by atoms with van der Waals surface area (Å²) in [6.07, 6.45) is 13.2. The maximum Gasteiger partial charge on any atom is 0.359 e. The molecule has 2 aliphatic rings. The summed E-state index contributed by atoms with van der Waals surface area (Å²) < 4.78 is 11.8. The van der Waals surface area contributed by atoms with E-state index < -0.39 is 8.56 Å². The predicted molar refractivity (Wildman–Crippen MR) is 73.1 cm³/mol. The van der Waals surface area contributed by atoms with Crippen LogP contribution in [0.3, 0.4) is 0 Å². The molecule has 0 aliphatic heterocycles. The Labute approximate surface area is 105 Å². The van der Waals surface area contributed by atoms with Crippen molar-refractivity contribution in [1.29, 1.82) is 0 Å². The lowest BCUT2D eigenvalue weighted by atomic mass is 10.3. The Morgan fingerprint density at radius 1 is 0.882 bits per heavy atom. The molecule has 2 aliphatic carbocycles. The molecule has 92 valence electrons. The van der Waals surface area contributed by atoms with E-state index in [1.165, 1.54) is 11.1 Å². The van der Waals surface area contributed by atoms with Crippen molar-refractivity contribution in [2.24, 2.45) is 0 Å². The molecular formula is C14H20O2Si. The molecule has 2 nitrogen and oxygen atoms in total. The van der Waals surface area contributed by atoms with Crippen LogP contribution in [0.4, 0.5) is 0 Å². The van der Waals surface area contributed by atoms with Gasteiger partial charge in [0.25, 0.3) is 0 Å². The first-order chi connectivity index (χ1) is 8.12. The summed E-state index contributed by atoms with van der Waals surface area (Å²) in [5.74, 6) is 0. The van der Waals surface area contributed by atoms with Gasteiger partial charge in [-0.05, 0) is 13.8 Å². The van der Waals surface area contributed by atoms with Gasteiger partial charge in [-0.2, -0.15) is 0 Å². The van der Waals surface area contributed by atoms with Crippen molar-refractivity contribution in [2.45, 2.75) is 24.9 Å². The van der Waals surface area contributed by atoms with E-state index in [1.807, 2.05) is 0 Å². The lowest BCUT2D eigenvalue weighted by molar-refractivity contribution is 0.236. The molecule has 17 heavy (non-hydrogen) atoms. The van der Waals surface area contributed by atoms with E-state index in [9.17, 15) is 0 Å². The maximum atomic E-state index is 5.88. The van der Waals surface area contributed by atoms with Gasteiger partial charge in [-0.25, -0.2) is 0 Å². The fourth-order valence-electron chi connectivity index (χ4n) is 2.65. The summed E-state index contributed by atoms with van der Waals surface area (Å²) in [6.45, 7) is 4.24. The molecule has 0 fully saturated rings. The number of hydrogen-bond acceptors (Lipinski definition) is 2. The third-order valence-electron chi connectivity index (χ3n) is 3.59. The number of allylic oxidation sites excluding steroid dienone is 8. The molecule has 3 heteroatoms. The van der Waals surface area contributed by atoms with E-state index in [0.717, 1.165) is 0 Å². The Balaban J connectivity index is 2.33. The van der Waals surface area contributed by atoms with Crippen LogP contribution in [0, 0.1) is 0 Å². The van der Waals surface area contributed by atoms with Crippen molar-refractivity contribution < 1.29 is 8.85 Å². The van der Waals surface area contributed by atoms with E-state index in [-0.39, 0.29) is 0 Å². The predicted octanol–water partition coefficient (Wildman–Crippen LogP) is 3.49. The maximum absolute atomic E-state index is 5.88. The summed E-state index contributed by atoms with van der Waals surface area (Å²) in [5.41, 5.74) is 3.19. The van der Waals surface area contributed by atoms with E-state index in [1.54, 1.807) is 14.2 Å². The third kappa shape index (κ3) is 2.10. The molecule has 2 atom stereocenters. The topological polar surface area (TPSA) is 18.5 Å². The summed E-state index contributed by atoms with van der Waals surface area (Å²) in [7, 11) is 1.27. The lowest BCUT2D eigenvalue weighted by Gasteiger charge is -2.34. The van der Waals surface area contributed by atoms with Crippen LogP contribution < -0.4 is 0 Å². The molecule has 0 spiro atoms. The monoisotopic (exact) mass is 248 g/mol. The Morgan fingerprint density at radius 3 is 1.53 bits per heavy atom. The highest BCUT2D eigenvalue weighted by molar-refractivity contribution is 6.72. The first-order valence-corrected chi connectivity index (χ1v) is 7.93. The fourth-order valence-corrected chi connectivity index (χ4v) is 6.07. The van der Waals surface area contributed by atoms with E-state index in [2.05, 4.69) is 50.3 Å². The summed E-state index contributed by atoms with van der Waals surface area (Å²) >= 11 is 0. The Hall–Kier alpha value is -0.903. The lowest BCUT2D eigenvalue weighted by Crippen LogP contribution is -2.47. The molecule has 0 amide bonds. The molecule has 0 radical (unpaired) electrons. The van der Waals surface area contributed by atoms with Gasteiger partial charge >= 0.3 is 8.56 Å². The first-order valence-electron chi connectivity index (χ1n) is 5.96. The quantitative estimate of drug-likeness (QED) is 0.709. The second-order valence-corrected chi connectivity index (χ2v) is 8.31. The number of rotatable bonds is 4. The van der Waals surface area contributed by atoms with Gasteiger partial charge < -0.3 is 8.85 Å². The zero-order valence-corrected chi connectivity index (χ0v) is 11.9. The fraction of sp³-hybridized carbons (Fsp3) is 0.429. The van der Waals surface area contributed by atoms with Gasteiger partial charge in [0.05, 0.1) is 0 Å². The minimum Gasteiger partial charge on any atom is -0.397 e. The van der Waals surface area contributed by atoms with Crippen LogP contribution in [0.15, 0.2) is 47.6 Å². The zero-order chi connectivity index (χ0) is 12.5.